The third kappa shape index (κ3) is 5.54. The van der Waals surface area contributed by atoms with E-state index in [1.165, 1.54) is 11.1 Å². The minimum absolute atomic E-state index is 0. The number of aromatic nitrogens is 3. The summed E-state index contributed by atoms with van der Waals surface area (Å²) in [6.07, 6.45) is 1.73. The third-order valence-corrected chi connectivity index (χ3v) is 4.39. The molecule has 0 bridgehead atoms. The minimum Gasteiger partial charge on any atom is -0.357 e. The van der Waals surface area contributed by atoms with Gasteiger partial charge >= 0.3 is 0 Å². The molecule has 3 rings (SSSR count). The zero-order chi connectivity index (χ0) is 19.1. The highest BCUT2D eigenvalue weighted by Crippen LogP contribution is 2.11. The fourth-order valence-corrected chi connectivity index (χ4v) is 2.90. The third-order valence-electron chi connectivity index (χ3n) is 4.39. The van der Waals surface area contributed by atoms with Crippen LogP contribution in [-0.2, 0) is 13.1 Å². The lowest BCUT2D eigenvalue weighted by molar-refractivity contribution is 0.475. The number of hydrogen-bond donors (Lipinski definition) is 1. The lowest BCUT2D eigenvalue weighted by Gasteiger charge is -2.23. The quantitative estimate of drug-likeness (QED) is 0.325. The molecule has 1 heterocycles. The van der Waals surface area contributed by atoms with Crippen LogP contribution in [0.4, 0.5) is 0 Å². The Morgan fingerprint density at radius 1 is 1.11 bits per heavy atom. The molecule has 3 aromatic rings. The van der Waals surface area contributed by atoms with E-state index in [0.29, 0.717) is 6.54 Å². The Kier molecular flexibility index (Phi) is 8.43. The number of aliphatic imine (C=N–C) groups is 1. The second-order valence-electron chi connectivity index (χ2n) is 6.41. The molecule has 0 fully saturated rings. The molecule has 0 aliphatic carbocycles. The van der Waals surface area contributed by atoms with Gasteiger partial charge < -0.3 is 10.2 Å². The summed E-state index contributed by atoms with van der Waals surface area (Å²) in [7, 11) is 2.05. The molecule has 0 saturated carbocycles. The highest BCUT2D eigenvalue weighted by Gasteiger charge is 2.10. The number of aryl methyl sites for hydroxylation is 1. The van der Waals surface area contributed by atoms with E-state index in [-0.39, 0.29) is 24.0 Å². The van der Waals surface area contributed by atoms with Crippen molar-refractivity contribution < 1.29 is 0 Å². The Morgan fingerprint density at radius 2 is 1.82 bits per heavy atom. The Morgan fingerprint density at radius 3 is 2.54 bits per heavy atom. The second kappa shape index (κ2) is 10.8. The molecule has 0 aliphatic heterocycles. The van der Waals surface area contributed by atoms with Gasteiger partial charge in [0.25, 0.3) is 0 Å². The Labute approximate surface area is 183 Å². The predicted molar refractivity (Wildman–Crippen MR) is 124 cm³/mol. The average Bonchev–Trinajstić information content (AvgIpc) is 3.16. The summed E-state index contributed by atoms with van der Waals surface area (Å²) in [5, 5.41) is 11.7. The first kappa shape index (κ1) is 21.9. The molecule has 0 unspecified atom stereocenters. The molecule has 1 N–H and O–H groups in total. The largest absolute Gasteiger partial charge is 0.357 e. The van der Waals surface area contributed by atoms with E-state index >= 15 is 0 Å². The number of benzene rings is 2. The van der Waals surface area contributed by atoms with Gasteiger partial charge in [0.15, 0.2) is 11.8 Å². The molecule has 0 spiro atoms. The first-order valence-electron chi connectivity index (χ1n) is 9.17. The van der Waals surface area contributed by atoms with Gasteiger partial charge in [0.1, 0.15) is 12.9 Å². The van der Waals surface area contributed by atoms with Gasteiger partial charge in [0.2, 0.25) is 0 Å². The lowest BCUT2D eigenvalue weighted by atomic mass is 10.1. The standard InChI is InChI=1S/C21H26N6.HI/c1-4-22-21(26(3)15-18-11-9-8-10-17(18)2)23-14-20-25-24-16-27(20)19-12-6-5-7-13-19;/h5-13,16H,4,14-15H2,1-3H3,(H,22,23);1H. The molecule has 0 amide bonds. The monoisotopic (exact) mass is 490 g/mol. The second-order valence-corrected chi connectivity index (χ2v) is 6.41. The Balaban J connectivity index is 0.00000280. The molecule has 28 heavy (non-hydrogen) atoms. The topological polar surface area (TPSA) is 58.3 Å². The maximum Gasteiger partial charge on any atom is 0.194 e. The zero-order valence-electron chi connectivity index (χ0n) is 16.5. The summed E-state index contributed by atoms with van der Waals surface area (Å²) in [5.74, 6) is 1.66. The van der Waals surface area contributed by atoms with Crippen LogP contribution in [0.25, 0.3) is 5.69 Å². The Hall–Kier alpha value is -2.42. The average molecular weight is 490 g/mol. The van der Waals surface area contributed by atoms with Gasteiger partial charge in [0, 0.05) is 25.8 Å². The van der Waals surface area contributed by atoms with Crippen molar-refractivity contribution in [3.05, 3.63) is 77.9 Å². The minimum atomic E-state index is 0. The van der Waals surface area contributed by atoms with Crippen molar-refractivity contribution in [1.29, 1.82) is 0 Å². The van der Waals surface area contributed by atoms with E-state index in [0.717, 1.165) is 30.6 Å². The molecule has 1 aromatic heterocycles. The van der Waals surface area contributed by atoms with Crippen molar-refractivity contribution in [3.63, 3.8) is 0 Å². The fraction of sp³-hybridized carbons (Fsp3) is 0.286. The molecule has 6 nitrogen and oxygen atoms in total. The van der Waals surface area contributed by atoms with E-state index in [2.05, 4.69) is 65.6 Å². The van der Waals surface area contributed by atoms with Crippen LogP contribution in [0.3, 0.4) is 0 Å². The van der Waals surface area contributed by atoms with Crippen LogP contribution < -0.4 is 5.32 Å². The van der Waals surface area contributed by atoms with Crippen molar-refractivity contribution in [3.8, 4) is 5.69 Å². The summed E-state index contributed by atoms with van der Waals surface area (Å²) in [5.41, 5.74) is 3.60. The van der Waals surface area contributed by atoms with Crippen LogP contribution in [0, 0.1) is 6.92 Å². The first-order chi connectivity index (χ1) is 13.2. The summed E-state index contributed by atoms with van der Waals surface area (Å²) in [6.45, 7) is 6.26. The maximum atomic E-state index is 4.78. The first-order valence-corrected chi connectivity index (χ1v) is 9.17. The fourth-order valence-electron chi connectivity index (χ4n) is 2.90. The van der Waals surface area contributed by atoms with Gasteiger partial charge in [0.05, 0.1) is 0 Å². The number of para-hydroxylation sites is 1. The van der Waals surface area contributed by atoms with Crippen LogP contribution in [0.15, 0.2) is 65.9 Å². The van der Waals surface area contributed by atoms with Gasteiger partial charge in [-0.1, -0.05) is 42.5 Å². The van der Waals surface area contributed by atoms with Crippen molar-refractivity contribution in [2.24, 2.45) is 4.99 Å². The van der Waals surface area contributed by atoms with Crippen molar-refractivity contribution in [2.75, 3.05) is 13.6 Å². The van der Waals surface area contributed by atoms with Gasteiger partial charge in [-0.2, -0.15) is 0 Å². The van der Waals surface area contributed by atoms with Crippen LogP contribution >= 0.6 is 24.0 Å². The zero-order valence-corrected chi connectivity index (χ0v) is 18.9. The number of hydrogen-bond acceptors (Lipinski definition) is 3. The molecule has 148 valence electrons. The van der Waals surface area contributed by atoms with Crippen molar-refractivity contribution in [1.82, 2.24) is 25.0 Å². The molecular weight excluding hydrogens is 463 g/mol. The van der Waals surface area contributed by atoms with Gasteiger partial charge in [-0.3, -0.25) is 4.57 Å². The molecular formula is C21H27IN6. The lowest BCUT2D eigenvalue weighted by Crippen LogP contribution is -2.38. The van der Waals surface area contributed by atoms with Crippen molar-refractivity contribution in [2.45, 2.75) is 26.9 Å². The van der Waals surface area contributed by atoms with Crippen LogP contribution in [0.5, 0.6) is 0 Å². The normalized spacial score (nSPS) is 11.0. The number of guanidine groups is 1. The van der Waals surface area contributed by atoms with E-state index in [9.17, 15) is 0 Å². The molecule has 0 atom stereocenters. The SMILES string of the molecule is CCNC(=NCc1nncn1-c1ccccc1)N(C)Cc1ccccc1C.I. The summed E-state index contributed by atoms with van der Waals surface area (Å²) in [4.78, 5) is 6.91. The Bertz CT molecular complexity index is 891. The van der Waals surface area contributed by atoms with Gasteiger partial charge in [-0.15, -0.1) is 34.2 Å². The smallest absolute Gasteiger partial charge is 0.194 e. The predicted octanol–water partition coefficient (Wildman–Crippen LogP) is 3.79. The van der Waals surface area contributed by atoms with Crippen LogP contribution in [-0.4, -0.2) is 39.2 Å². The van der Waals surface area contributed by atoms with E-state index in [1.807, 2.05) is 34.9 Å². The number of halogens is 1. The van der Waals surface area contributed by atoms with Crippen molar-refractivity contribution >= 4 is 29.9 Å². The molecule has 2 aromatic carbocycles. The maximum absolute atomic E-state index is 4.78. The van der Waals surface area contributed by atoms with E-state index in [1.54, 1.807) is 6.33 Å². The summed E-state index contributed by atoms with van der Waals surface area (Å²) in [6, 6.07) is 18.5. The highest BCUT2D eigenvalue weighted by atomic mass is 127. The summed E-state index contributed by atoms with van der Waals surface area (Å²) >= 11 is 0. The van der Waals surface area contributed by atoms with Gasteiger partial charge in [-0.25, -0.2) is 4.99 Å². The van der Waals surface area contributed by atoms with E-state index in [4.69, 9.17) is 4.99 Å². The van der Waals surface area contributed by atoms with E-state index < -0.39 is 0 Å². The molecule has 7 heteroatoms. The highest BCUT2D eigenvalue weighted by molar-refractivity contribution is 14.0. The van der Waals surface area contributed by atoms with Crippen LogP contribution in [0.1, 0.15) is 23.9 Å². The molecule has 0 saturated heterocycles. The number of nitrogens with zero attached hydrogens (tertiary/aromatic N) is 5. The number of rotatable bonds is 6. The molecule has 0 aliphatic rings. The van der Waals surface area contributed by atoms with Crippen LogP contribution in [0.2, 0.25) is 0 Å². The number of nitrogens with one attached hydrogen (secondary N) is 1. The molecule has 0 radical (unpaired) electrons. The summed E-state index contributed by atoms with van der Waals surface area (Å²) < 4.78 is 1.97. The van der Waals surface area contributed by atoms with Gasteiger partial charge in [-0.05, 0) is 37.1 Å².